The fourth-order valence-corrected chi connectivity index (χ4v) is 2.47. The van der Waals surface area contributed by atoms with Crippen molar-refractivity contribution in [1.82, 2.24) is 4.98 Å². The third-order valence-electron chi connectivity index (χ3n) is 2.28. The Hall–Kier alpha value is -0.880. The molecule has 1 aliphatic rings. The number of nitrogens with zero attached hydrogens (tertiary/aromatic N) is 2. The molecule has 68 valence electrons. The topological polar surface area (TPSA) is 36.7 Å². The highest BCUT2D eigenvalue weighted by Crippen LogP contribution is 2.42. The minimum atomic E-state index is 0.545. The van der Waals surface area contributed by atoms with E-state index < -0.39 is 0 Å². The molecule has 0 aromatic carbocycles. The van der Waals surface area contributed by atoms with Crippen molar-refractivity contribution in [3.63, 3.8) is 0 Å². The third kappa shape index (κ3) is 1.73. The Kier molecular flexibility index (Phi) is 2.32. The highest BCUT2D eigenvalue weighted by atomic mass is 32.1. The lowest BCUT2D eigenvalue weighted by atomic mass is 10.2. The van der Waals surface area contributed by atoms with Crippen molar-refractivity contribution in [2.45, 2.75) is 38.5 Å². The fraction of sp³-hybridized carbons (Fsp3) is 0.600. The maximum absolute atomic E-state index is 8.66. The zero-order chi connectivity index (χ0) is 9.26. The van der Waals surface area contributed by atoms with Gasteiger partial charge in [0.1, 0.15) is 0 Å². The van der Waals surface area contributed by atoms with Gasteiger partial charge in [-0.25, -0.2) is 4.98 Å². The van der Waals surface area contributed by atoms with Gasteiger partial charge in [0.2, 0.25) is 0 Å². The first-order chi connectivity index (χ1) is 6.35. The molecule has 0 radical (unpaired) electrons. The zero-order valence-corrected chi connectivity index (χ0v) is 8.52. The van der Waals surface area contributed by atoms with Crippen molar-refractivity contribution in [2.75, 3.05) is 0 Å². The number of thiazole rings is 1. The summed E-state index contributed by atoms with van der Waals surface area (Å²) in [6.07, 6.45) is 4.08. The molecule has 0 aliphatic heterocycles. The monoisotopic (exact) mass is 192 g/mol. The van der Waals surface area contributed by atoms with E-state index in [4.69, 9.17) is 5.26 Å². The van der Waals surface area contributed by atoms with Crippen LogP contribution in [0.1, 0.15) is 41.3 Å². The van der Waals surface area contributed by atoms with Gasteiger partial charge in [0.25, 0.3) is 0 Å². The number of aromatic nitrogens is 1. The Morgan fingerprint density at radius 2 is 2.38 bits per heavy atom. The Labute approximate surface area is 82.2 Å². The van der Waals surface area contributed by atoms with E-state index in [0.29, 0.717) is 12.3 Å². The Balaban J connectivity index is 2.29. The SMILES string of the molecule is CCc1nc(C2CC2)c(CC#N)s1. The van der Waals surface area contributed by atoms with Crippen LogP contribution >= 0.6 is 11.3 Å². The number of nitriles is 1. The average molecular weight is 192 g/mol. The van der Waals surface area contributed by atoms with Crippen LogP contribution in [0.5, 0.6) is 0 Å². The number of aryl methyl sites for hydroxylation is 1. The molecular formula is C10H12N2S. The summed E-state index contributed by atoms with van der Waals surface area (Å²) in [6.45, 7) is 2.12. The number of hydrogen-bond acceptors (Lipinski definition) is 3. The lowest BCUT2D eigenvalue weighted by Crippen LogP contribution is -1.86. The van der Waals surface area contributed by atoms with E-state index in [-0.39, 0.29) is 0 Å². The molecule has 0 atom stereocenters. The van der Waals surface area contributed by atoms with Gasteiger partial charge in [-0.15, -0.1) is 11.3 Å². The van der Waals surface area contributed by atoms with Crippen LogP contribution in [0.25, 0.3) is 0 Å². The third-order valence-corrected chi connectivity index (χ3v) is 3.49. The van der Waals surface area contributed by atoms with Crippen LogP contribution in [0.4, 0.5) is 0 Å². The van der Waals surface area contributed by atoms with Gasteiger partial charge in [0.15, 0.2) is 0 Å². The van der Waals surface area contributed by atoms with Crippen molar-refractivity contribution in [3.8, 4) is 6.07 Å². The van der Waals surface area contributed by atoms with Crippen LogP contribution in [0, 0.1) is 11.3 Å². The van der Waals surface area contributed by atoms with Crippen LogP contribution < -0.4 is 0 Å². The van der Waals surface area contributed by atoms with Crippen molar-refractivity contribution in [1.29, 1.82) is 5.26 Å². The molecule has 0 unspecified atom stereocenters. The summed E-state index contributed by atoms with van der Waals surface area (Å²) in [5.41, 5.74) is 1.23. The quantitative estimate of drug-likeness (QED) is 0.738. The molecule has 13 heavy (non-hydrogen) atoms. The van der Waals surface area contributed by atoms with Gasteiger partial charge in [0, 0.05) is 10.8 Å². The van der Waals surface area contributed by atoms with Gasteiger partial charge in [-0.1, -0.05) is 6.92 Å². The molecule has 0 bridgehead atoms. The van der Waals surface area contributed by atoms with Crippen LogP contribution in [0.3, 0.4) is 0 Å². The molecule has 0 saturated heterocycles. The molecule has 3 heteroatoms. The maximum Gasteiger partial charge on any atom is 0.0928 e. The van der Waals surface area contributed by atoms with E-state index in [0.717, 1.165) is 6.42 Å². The molecule has 0 N–H and O–H groups in total. The van der Waals surface area contributed by atoms with Gasteiger partial charge in [0.05, 0.1) is 23.2 Å². The Morgan fingerprint density at radius 3 is 2.92 bits per heavy atom. The van der Waals surface area contributed by atoms with E-state index in [1.54, 1.807) is 11.3 Å². The first-order valence-corrected chi connectivity index (χ1v) is 5.52. The molecule has 0 amide bonds. The minimum absolute atomic E-state index is 0.545. The molecule has 2 rings (SSSR count). The van der Waals surface area contributed by atoms with Crippen LogP contribution in [0.15, 0.2) is 0 Å². The molecule has 2 nitrogen and oxygen atoms in total. The van der Waals surface area contributed by atoms with E-state index in [1.807, 2.05) is 0 Å². The minimum Gasteiger partial charge on any atom is -0.246 e. The van der Waals surface area contributed by atoms with Crippen LogP contribution in [-0.4, -0.2) is 4.98 Å². The molecule has 1 saturated carbocycles. The fourth-order valence-electron chi connectivity index (χ4n) is 1.44. The van der Waals surface area contributed by atoms with E-state index >= 15 is 0 Å². The summed E-state index contributed by atoms with van der Waals surface area (Å²) in [7, 11) is 0. The van der Waals surface area contributed by atoms with Gasteiger partial charge in [-0.3, -0.25) is 0 Å². The summed E-state index contributed by atoms with van der Waals surface area (Å²) in [5.74, 6) is 0.680. The van der Waals surface area contributed by atoms with Crippen molar-refractivity contribution >= 4 is 11.3 Å². The molecule has 1 aromatic rings. The predicted octanol–water partition coefficient (Wildman–Crippen LogP) is 2.65. The van der Waals surface area contributed by atoms with E-state index in [9.17, 15) is 0 Å². The highest BCUT2D eigenvalue weighted by Gasteiger charge is 2.29. The van der Waals surface area contributed by atoms with Crippen LogP contribution in [-0.2, 0) is 12.8 Å². The summed E-state index contributed by atoms with van der Waals surface area (Å²) in [6, 6.07) is 2.21. The predicted molar refractivity (Wildman–Crippen MR) is 52.8 cm³/mol. The van der Waals surface area contributed by atoms with Gasteiger partial charge >= 0.3 is 0 Å². The zero-order valence-electron chi connectivity index (χ0n) is 7.71. The molecular weight excluding hydrogens is 180 g/mol. The lowest BCUT2D eigenvalue weighted by molar-refractivity contribution is 0.975. The smallest absolute Gasteiger partial charge is 0.0928 e. The lowest BCUT2D eigenvalue weighted by Gasteiger charge is -1.92. The second kappa shape index (κ2) is 3.47. The van der Waals surface area contributed by atoms with Gasteiger partial charge in [-0.2, -0.15) is 5.26 Å². The van der Waals surface area contributed by atoms with Crippen molar-refractivity contribution in [3.05, 3.63) is 15.6 Å². The normalized spacial score (nSPS) is 15.7. The van der Waals surface area contributed by atoms with Gasteiger partial charge in [-0.05, 0) is 19.3 Å². The van der Waals surface area contributed by atoms with Crippen molar-refractivity contribution in [2.24, 2.45) is 0 Å². The van der Waals surface area contributed by atoms with Crippen LogP contribution in [0.2, 0.25) is 0 Å². The number of rotatable bonds is 3. The Bertz CT molecular complexity index is 344. The molecule has 1 fully saturated rings. The molecule has 0 spiro atoms. The second-order valence-electron chi connectivity index (χ2n) is 3.38. The Morgan fingerprint density at radius 1 is 1.62 bits per heavy atom. The molecule has 1 aliphatic carbocycles. The molecule has 1 heterocycles. The van der Waals surface area contributed by atoms with Crippen molar-refractivity contribution < 1.29 is 0 Å². The first kappa shape index (κ1) is 8.71. The summed E-state index contributed by atoms with van der Waals surface area (Å²) in [5, 5.41) is 9.84. The van der Waals surface area contributed by atoms with E-state index in [2.05, 4.69) is 18.0 Å². The summed E-state index contributed by atoms with van der Waals surface area (Å²) >= 11 is 1.72. The summed E-state index contributed by atoms with van der Waals surface area (Å²) < 4.78 is 0. The second-order valence-corrected chi connectivity index (χ2v) is 4.55. The summed E-state index contributed by atoms with van der Waals surface area (Å²) in [4.78, 5) is 5.79. The average Bonchev–Trinajstić information content (AvgIpc) is 2.89. The first-order valence-electron chi connectivity index (χ1n) is 4.70. The highest BCUT2D eigenvalue weighted by molar-refractivity contribution is 7.11. The number of hydrogen-bond donors (Lipinski definition) is 0. The maximum atomic E-state index is 8.66. The van der Waals surface area contributed by atoms with Gasteiger partial charge < -0.3 is 0 Å². The van der Waals surface area contributed by atoms with E-state index in [1.165, 1.54) is 28.4 Å². The molecule has 1 aromatic heterocycles. The largest absolute Gasteiger partial charge is 0.246 e. The standard InChI is InChI=1S/C10H12N2S/c1-2-9-12-10(7-3-4-7)8(13-9)5-6-11/h7H,2-5H2,1H3.